The number of halogens is 1. The van der Waals surface area contributed by atoms with Gasteiger partial charge in [-0.15, -0.1) is 0 Å². The molecule has 1 heterocycles. The Morgan fingerprint density at radius 3 is 2.46 bits per heavy atom. The van der Waals surface area contributed by atoms with Gasteiger partial charge in [0.2, 0.25) is 5.91 Å². The minimum atomic E-state index is -0.554. The molecule has 28 heavy (non-hydrogen) atoms. The number of hydrogen-bond acceptors (Lipinski definition) is 4. The highest BCUT2D eigenvalue weighted by molar-refractivity contribution is 6.30. The second-order valence-electron chi connectivity index (χ2n) is 6.77. The lowest BCUT2D eigenvalue weighted by Crippen LogP contribution is -2.38. The van der Waals surface area contributed by atoms with Gasteiger partial charge in [-0.05, 0) is 48.2 Å². The van der Waals surface area contributed by atoms with Gasteiger partial charge in [-0.3, -0.25) is 10.1 Å². The van der Waals surface area contributed by atoms with Gasteiger partial charge in [-0.2, -0.15) is 0 Å². The molecule has 2 N–H and O–H groups in total. The molecule has 1 aliphatic rings. The number of carbonyl (C=O) groups excluding carboxylic acids is 2. The summed E-state index contributed by atoms with van der Waals surface area (Å²) < 4.78 is 5.18. The van der Waals surface area contributed by atoms with Crippen LogP contribution in [0.4, 0.5) is 10.5 Å². The lowest BCUT2D eigenvalue weighted by atomic mass is 10.1. The first-order valence-corrected chi connectivity index (χ1v) is 9.60. The first kappa shape index (κ1) is 20.2. The Labute approximate surface area is 169 Å². The molecule has 7 heteroatoms. The molecule has 0 aromatic heterocycles. The van der Waals surface area contributed by atoms with E-state index in [0.29, 0.717) is 17.3 Å². The second kappa shape index (κ2) is 9.57. The molecule has 0 spiro atoms. The van der Waals surface area contributed by atoms with Gasteiger partial charge in [0.25, 0.3) is 0 Å². The number of aliphatic hydroxyl groups excluding tert-OH is 1. The molecule has 1 saturated heterocycles. The third kappa shape index (κ3) is 5.47. The summed E-state index contributed by atoms with van der Waals surface area (Å²) in [4.78, 5) is 26.1. The van der Waals surface area contributed by atoms with Gasteiger partial charge >= 0.3 is 6.09 Å². The predicted octanol–water partition coefficient (Wildman–Crippen LogP) is 3.61. The summed E-state index contributed by atoms with van der Waals surface area (Å²) in [5.41, 5.74) is 2.29. The van der Waals surface area contributed by atoms with Crippen molar-refractivity contribution in [2.24, 2.45) is 0 Å². The van der Waals surface area contributed by atoms with Gasteiger partial charge in [-0.25, -0.2) is 4.79 Å². The van der Waals surface area contributed by atoms with E-state index in [1.807, 2.05) is 0 Å². The van der Waals surface area contributed by atoms with Crippen molar-refractivity contribution in [3.8, 4) is 0 Å². The number of carbonyl (C=O) groups is 2. The van der Waals surface area contributed by atoms with Crippen molar-refractivity contribution in [3.05, 3.63) is 64.7 Å². The summed E-state index contributed by atoms with van der Waals surface area (Å²) in [7, 11) is 0. The summed E-state index contributed by atoms with van der Waals surface area (Å²) >= 11 is 5.82. The Balaban J connectivity index is 1.47. The van der Waals surface area contributed by atoms with Crippen LogP contribution in [0, 0.1) is 0 Å². The molecule has 148 valence electrons. The summed E-state index contributed by atoms with van der Waals surface area (Å²) in [6.07, 6.45) is 1.50. The Kier molecular flexibility index (Phi) is 6.90. The SMILES string of the molecule is O=C(Nc1ccc(CC(=O)N2CCC[C@H]2CO)cc1)OCc1ccc(Cl)cc1. The second-order valence-corrected chi connectivity index (χ2v) is 7.20. The number of benzene rings is 2. The lowest BCUT2D eigenvalue weighted by molar-refractivity contribution is -0.131. The highest BCUT2D eigenvalue weighted by Crippen LogP contribution is 2.19. The number of aliphatic hydroxyl groups is 1. The van der Waals surface area contributed by atoms with Crippen LogP contribution in [0.2, 0.25) is 5.02 Å². The highest BCUT2D eigenvalue weighted by Gasteiger charge is 2.27. The molecule has 0 aliphatic carbocycles. The molecular weight excluding hydrogens is 380 g/mol. The van der Waals surface area contributed by atoms with Gasteiger partial charge in [0.05, 0.1) is 19.1 Å². The van der Waals surface area contributed by atoms with Gasteiger partial charge < -0.3 is 14.7 Å². The molecule has 6 nitrogen and oxygen atoms in total. The van der Waals surface area contributed by atoms with Crippen molar-refractivity contribution in [1.29, 1.82) is 0 Å². The molecule has 1 atom stereocenters. The smallest absolute Gasteiger partial charge is 0.411 e. The maximum Gasteiger partial charge on any atom is 0.411 e. The van der Waals surface area contributed by atoms with Gasteiger partial charge in [0.1, 0.15) is 6.61 Å². The number of hydrogen-bond donors (Lipinski definition) is 2. The Morgan fingerprint density at radius 1 is 1.11 bits per heavy atom. The Hall–Kier alpha value is -2.57. The van der Waals surface area contributed by atoms with E-state index >= 15 is 0 Å². The zero-order valence-corrected chi connectivity index (χ0v) is 16.2. The molecule has 1 aliphatic heterocycles. The molecule has 0 radical (unpaired) electrons. The monoisotopic (exact) mass is 402 g/mol. The van der Waals surface area contributed by atoms with E-state index in [2.05, 4.69) is 5.32 Å². The van der Waals surface area contributed by atoms with Crippen LogP contribution < -0.4 is 5.32 Å². The highest BCUT2D eigenvalue weighted by atomic mass is 35.5. The van der Waals surface area contributed by atoms with Crippen LogP contribution in [0.25, 0.3) is 0 Å². The van der Waals surface area contributed by atoms with E-state index in [-0.39, 0.29) is 31.6 Å². The fourth-order valence-corrected chi connectivity index (χ4v) is 3.35. The zero-order chi connectivity index (χ0) is 19.9. The standard InChI is InChI=1S/C21H23ClN2O4/c22-17-7-3-16(4-8-17)14-28-21(27)23-18-9-5-15(6-10-18)12-20(26)24-11-1-2-19(24)13-25/h3-10,19,25H,1-2,11-14H2,(H,23,27)/t19-/m0/s1. The van der Waals surface area contributed by atoms with Crippen molar-refractivity contribution in [3.63, 3.8) is 0 Å². The number of anilines is 1. The van der Waals surface area contributed by atoms with Gasteiger partial charge in [-0.1, -0.05) is 35.9 Å². The average Bonchev–Trinajstić information content (AvgIpc) is 3.18. The first-order chi connectivity index (χ1) is 13.5. The van der Waals surface area contributed by atoms with Gasteiger partial charge in [0, 0.05) is 17.3 Å². The maximum atomic E-state index is 12.4. The summed E-state index contributed by atoms with van der Waals surface area (Å²) in [6, 6.07) is 14.1. The zero-order valence-electron chi connectivity index (χ0n) is 15.4. The summed E-state index contributed by atoms with van der Waals surface area (Å²) in [6.45, 7) is 0.854. The minimum absolute atomic E-state index is 0.00668. The van der Waals surface area contributed by atoms with Crippen LogP contribution in [-0.4, -0.2) is 41.2 Å². The maximum absolute atomic E-state index is 12.4. The molecule has 0 unspecified atom stereocenters. The predicted molar refractivity (Wildman–Crippen MR) is 107 cm³/mol. The van der Waals surface area contributed by atoms with E-state index in [1.165, 1.54) is 0 Å². The summed E-state index contributed by atoms with van der Waals surface area (Å²) in [5, 5.41) is 12.6. The van der Waals surface area contributed by atoms with Crippen molar-refractivity contribution in [2.75, 3.05) is 18.5 Å². The van der Waals surface area contributed by atoms with Crippen LogP contribution in [0.15, 0.2) is 48.5 Å². The molecule has 2 amide bonds. The molecule has 2 aromatic carbocycles. The van der Waals surface area contributed by atoms with E-state index < -0.39 is 6.09 Å². The van der Waals surface area contributed by atoms with Gasteiger partial charge in [0.15, 0.2) is 0 Å². The topological polar surface area (TPSA) is 78.9 Å². The Bertz CT molecular complexity index is 808. The van der Waals surface area contributed by atoms with Crippen LogP contribution in [0.1, 0.15) is 24.0 Å². The first-order valence-electron chi connectivity index (χ1n) is 9.22. The van der Waals surface area contributed by atoms with E-state index in [9.17, 15) is 14.7 Å². The number of ether oxygens (including phenoxy) is 1. The lowest BCUT2D eigenvalue weighted by Gasteiger charge is -2.23. The fraction of sp³-hybridized carbons (Fsp3) is 0.333. The molecule has 2 aromatic rings. The van der Waals surface area contributed by atoms with Crippen LogP contribution >= 0.6 is 11.6 Å². The van der Waals surface area contributed by atoms with Crippen molar-refractivity contribution >= 4 is 29.3 Å². The number of nitrogens with zero attached hydrogens (tertiary/aromatic N) is 1. The van der Waals surface area contributed by atoms with Crippen molar-refractivity contribution in [2.45, 2.75) is 31.9 Å². The number of amides is 2. The van der Waals surface area contributed by atoms with Crippen LogP contribution in [0.5, 0.6) is 0 Å². The largest absolute Gasteiger partial charge is 0.444 e. The number of likely N-dealkylation sites (tertiary alicyclic amines) is 1. The molecule has 0 bridgehead atoms. The molecule has 3 rings (SSSR count). The number of rotatable bonds is 6. The average molecular weight is 403 g/mol. The quantitative estimate of drug-likeness (QED) is 0.773. The third-order valence-corrected chi connectivity index (χ3v) is 5.00. The van der Waals surface area contributed by atoms with E-state index in [0.717, 1.165) is 24.0 Å². The van der Waals surface area contributed by atoms with Crippen LogP contribution in [-0.2, 0) is 22.6 Å². The minimum Gasteiger partial charge on any atom is -0.444 e. The summed E-state index contributed by atoms with van der Waals surface area (Å²) in [5.74, 6) is 0.0135. The van der Waals surface area contributed by atoms with E-state index in [1.54, 1.807) is 53.4 Å². The van der Waals surface area contributed by atoms with Crippen molar-refractivity contribution in [1.82, 2.24) is 4.90 Å². The normalized spacial score (nSPS) is 16.1. The molecule has 1 fully saturated rings. The van der Waals surface area contributed by atoms with E-state index in [4.69, 9.17) is 16.3 Å². The molecule has 0 saturated carbocycles. The van der Waals surface area contributed by atoms with Crippen molar-refractivity contribution < 1.29 is 19.4 Å². The Morgan fingerprint density at radius 2 is 1.79 bits per heavy atom. The number of nitrogens with one attached hydrogen (secondary N) is 1. The van der Waals surface area contributed by atoms with Crippen LogP contribution in [0.3, 0.4) is 0 Å². The molecular formula is C21H23ClN2O4. The third-order valence-electron chi connectivity index (χ3n) is 4.75. The fourth-order valence-electron chi connectivity index (χ4n) is 3.22.